The standard InChI is InChI=1S/C10H16N2S/c1-2-13-12-6-4-9-7-11-5-3-10(9)8-12/h4,6,11H,2-3,5,7-8H2,1H3. The molecule has 72 valence electrons. The summed E-state index contributed by atoms with van der Waals surface area (Å²) >= 11 is 1.90. The molecule has 1 N–H and O–H groups in total. The summed E-state index contributed by atoms with van der Waals surface area (Å²) in [5.41, 5.74) is 3.14. The average Bonchev–Trinajstić information content (AvgIpc) is 2.18. The van der Waals surface area contributed by atoms with E-state index in [2.05, 4.69) is 28.8 Å². The Morgan fingerprint density at radius 2 is 2.54 bits per heavy atom. The molecule has 0 saturated heterocycles. The minimum atomic E-state index is 1.07. The van der Waals surface area contributed by atoms with Crippen LogP contribution in [0.1, 0.15) is 13.3 Å². The van der Waals surface area contributed by atoms with E-state index < -0.39 is 0 Å². The van der Waals surface area contributed by atoms with Gasteiger partial charge in [0.15, 0.2) is 0 Å². The van der Waals surface area contributed by atoms with Gasteiger partial charge in [-0.25, -0.2) is 0 Å². The predicted octanol–water partition coefficient (Wildman–Crippen LogP) is 1.77. The zero-order valence-corrected chi connectivity index (χ0v) is 8.86. The first-order valence-electron chi connectivity index (χ1n) is 4.89. The number of hydrogen-bond acceptors (Lipinski definition) is 3. The van der Waals surface area contributed by atoms with Gasteiger partial charge in [0, 0.05) is 18.5 Å². The van der Waals surface area contributed by atoms with Crippen LogP contribution in [0.2, 0.25) is 0 Å². The van der Waals surface area contributed by atoms with Crippen LogP contribution in [0.4, 0.5) is 0 Å². The molecule has 0 amide bonds. The first kappa shape index (κ1) is 9.16. The first-order chi connectivity index (χ1) is 6.40. The Hall–Kier alpha value is -0.410. The van der Waals surface area contributed by atoms with Crippen molar-refractivity contribution >= 4 is 11.9 Å². The summed E-state index contributed by atoms with van der Waals surface area (Å²) in [5, 5.41) is 3.40. The fraction of sp³-hybridized carbons (Fsp3) is 0.600. The van der Waals surface area contributed by atoms with Gasteiger partial charge < -0.3 is 9.62 Å². The van der Waals surface area contributed by atoms with E-state index in [-0.39, 0.29) is 0 Å². The Balaban J connectivity index is 2.02. The molecular formula is C10H16N2S. The van der Waals surface area contributed by atoms with Gasteiger partial charge in [0.1, 0.15) is 0 Å². The molecule has 0 aromatic rings. The highest BCUT2D eigenvalue weighted by molar-refractivity contribution is 7.97. The summed E-state index contributed by atoms with van der Waals surface area (Å²) < 4.78 is 2.34. The fourth-order valence-electron chi connectivity index (χ4n) is 1.77. The van der Waals surface area contributed by atoms with E-state index in [1.54, 1.807) is 5.57 Å². The molecule has 0 aromatic carbocycles. The summed E-state index contributed by atoms with van der Waals surface area (Å²) in [4.78, 5) is 0. The van der Waals surface area contributed by atoms with Crippen LogP contribution in [0.25, 0.3) is 0 Å². The maximum Gasteiger partial charge on any atom is 0.0505 e. The molecule has 0 radical (unpaired) electrons. The van der Waals surface area contributed by atoms with Gasteiger partial charge in [-0.15, -0.1) is 0 Å². The third-order valence-corrected chi connectivity index (χ3v) is 3.30. The number of hydrogen-bond donors (Lipinski definition) is 1. The van der Waals surface area contributed by atoms with Crippen LogP contribution in [-0.2, 0) is 0 Å². The highest BCUT2D eigenvalue weighted by Gasteiger charge is 2.15. The Morgan fingerprint density at radius 3 is 3.38 bits per heavy atom. The van der Waals surface area contributed by atoms with Crippen molar-refractivity contribution in [3.05, 3.63) is 23.4 Å². The molecule has 0 spiro atoms. The van der Waals surface area contributed by atoms with Crippen molar-refractivity contribution in [2.24, 2.45) is 0 Å². The van der Waals surface area contributed by atoms with Crippen LogP contribution in [0.5, 0.6) is 0 Å². The highest BCUT2D eigenvalue weighted by atomic mass is 32.2. The normalized spacial score (nSPS) is 22.1. The molecule has 0 fully saturated rings. The van der Waals surface area contributed by atoms with E-state index in [0.717, 1.165) is 25.4 Å². The van der Waals surface area contributed by atoms with E-state index in [1.165, 1.54) is 12.0 Å². The third-order valence-electron chi connectivity index (χ3n) is 2.46. The van der Waals surface area contributed by atoms with Crippen molar-refractivity contribution in [2.45, 2.75) is 13.3 Å². The lowest BCUT2D eigenvalue weighted by Gasteiger charge is -2.29. The Labute approximate surface area is 84.2 Å². The number of nitrogens with one attached hydrogen (secondary N) is 1. The van der Waals surface area contributed by atoms with Crippen LogP contribution in [-0.4, -0.2) is 29.7 Å². The average molecular weight is 196 g/mol. The van der Waals surface area contributed by atoms with E-state index in [9.17, 15) is 0 Å². The maximum absolute atomic E-state index is 3.40. The van der Waals surface area contributed by atoms with Gasteiger partial charge in [-0.05, 0) is 30.2 Å². The first-order valence-corrected chi connectivity index (χ1v) is 5.84. The van der Waals surface area contributed by atoms with Gasteiger partial charge in [0.25, 0.3) is 0 Å². The molecule has 3 heteroatoms. The van der Waals surface area contributed by atoms with E-state index >= 15 is 0 Å². The van der Waals surface area contributed by atoms with Gasteiger partial charge in [-0.2, -0.15) is 0 Å². The van der Waals surface area contributed by atoms with Crippen LogP contribution in [0.3, 0.4) is 0 Å². The van der Waals surface area contributed by atoms with Gasteiger partial charge in [0.2, 0.25) is 0 Å². The van der Waals surface area contributed by atoms with Crippen LogP contribution in [0, 0.1) is 0 Å². The van der Waals surface area contributed by atoms with E-state index in [0.29, 0.717) is 0 Å². The molecular weight excluding hydrogens is 180 g/mol. The molecule has 13 heavy (non-hydrogen) atoms. The zero-order chi connectivity index (χ0) is 9.10. The molecule has 0 unspecified atom stereocenters. The minimum Gasteiger partial charge on any atom is -0.319 e. The van der Waals surface area contributed by atoms with Crippen LogP contribution < -0.4 is 5.32 Å². The third kappa shape index (κ3) is 2.09. The largest absolute Gasteiger partial charge is 0.319 e. The number of rotatable bonds is 2. The second-order valence-electron chi connectivity index (χ2n) is 3.36. The van der Waals surface area contributed by atoms with E-state index in [1.807, 2.05) is 11.9 Å². The summed E-state index contributed by atoms with van der Waals surface area (Å²) in [7, 11) is 0. The monoisotopic (exact) mass is 196 g/mol. The van der Waals surface area contributed by atoms with Crippen molar-refractivity contribution in [1.29, 1.82) is 0 Å². The highest BCUT2D eigenvalue weighted by Crippen LogP contribution is 2.24. The Morgan fingerprint density at radius 1 is 1.62 bits per heavy atom. The van der Waals surface area contributed by atoms with Crippen molar-refractivity contribution < 1.29 is 0 Å². The van der Waals surface area contributed by atoms with Crippen molar-refractivity contribution in [3.63, 3.8) is 0 Å². The predicted molar refractivity (Wildman–Crippen MR) is 58.5 cm³/mol. The van der Waals surface area contributed by atoms with Crippen molar-refractivity contribution in [3.8, 4) is 0 Å². The summed E-state index contributed by atoms with van der Waals surface area (Å²) in [5.74, 6) is 1.16. The number of nitrogens with zero attached hydrogens (tertiary/aromatic N) is 1. The molecule has 0 bridgehead atoms. The molecule has 2 nitrogen and oxygen atoms in total. The van der Waals surface area contributed by atoms with Crippen molar-refractivity contribution in [1.82, 2.24) is 9.62 Å². The lowest BCUT2D eigenvalue weighted by Crippen LogP contribution is -2.30. The van der Waals surface area contributed by atoms with Crippen LogP contribution >= 0.6 is 11.9 Å². The molecule has 2 heterocycles. The summed E-state index contributed by atoms with van der Waals surface area (Å²) in [6.07, 6.45) is 5.69. The lowest BCUT2D eigenvalue weighted by atomic mass is 10.00. The fourth-order valence-corrected chi connectivity index (χ4v) is 2.50. The van der Waals surface area contributed by atoms with Gasteiger partial charge in [0.05, 0.1) is 6.54 Å². The molecule has 0 aliphatic carbocycles. The molecule has 2 aliphatic heterocycles. The Kier molecular flexibility index (Phi) is 2.96. The van der Waals surface area contributed by atoms with Gasteiger partial charge in [-0.3, -0.25) is 0 Å². The lowest BCUT2D eigenvalue weighted by molar-refractivity contribution is 0.589. The summed E-state index contributed by atoms with van der Waals surface area (Å²) in [6, 6.07) is 0. The summed E-state index contributed by atoms with van der Waals surface area (Å²) in [6.45, 7) is 5.55. The van der Waals surface area contributed by atoms with E-state index in [4.69, 9.17) is 0 Å². The maximum atomic E-state index is 3.40. The quantitative estimate of drug-likeness (QED) is 0.678. The van der Waals surface area contributed by atoms with Gasteiger partial charge in [-0.1, -0.05) is 18.9 Å². The minimum absolute atomic E-state index is 1.07. The molecule has 0 atom stereocenters. The topological polar surface area (TPSA) is 15.3 Å². The molecule has 0 aromatic heterocycles. The second-order valence-corrected chi connectivity index (χ2v) is 4.67. The van der Waals surface area contributed by atoms with Gasteiger partial charge >= 0.3 is 0 Å². The Bertz CT molecular complexity index is 245. The molecule has 0 saturated carbocycles. The zero-order valence-electron chi connectivity index (χ0n) is 8.05. The SMILES string of the molecule is CCSN1C=CC2=C(CCNC2)C1. The van der Waals surface area contributed by atoms with Crippen LogP contribution in [0.15, 0.2) is 23.4 Å². The molecule has 2 aliphatic rings. The smallest absolute Gasteiger partial charge is 0.0505 e. The molecule has 2 rings (SSSR count). The van der Waals surface area contributed by atoms with Crippen molar-refractivity contribution in [2.75, 3.05) is 25.4 Å². The second kappa shape index (κ2) is 4.20.